The number of halogens is 1. The van der Waals surface area contributed by atoms with Gasteiger partial charge in [0, 0.05) is 65.0 Å². The van der Waals surface area contributed by atoms with Gasteiger partial charge in [-0.3, -0.25) is 9.59 Å². The number of nitrogens with zero attached hydrogens (tertiary/aromatic N) is 5. The van der Waals surface area contributed by atoms with Crippen LogP contribution in [0.2, 0.25) is 5.02 Å². The molecule has 2 saturated heterocycles. The molecule has 2 aromatic rings. The molecule has 3 heterocycles. The second-order valence-corrected chi connectivity index (χ2v) is 8.68. The molecule has 2 aliphatic heterocycles. The van der Waals surface area contributed by atoms with Crippen LogP contribution in [0.3, 0.4) is 0 Å². The number of amides is 2. The standard InChI is InChI=1S/C24H30ClN5O2/c25-21-7-2-1-6-20(21)24(32)30-12-5-11-27(14-15-30)13-9-23(31)29-18-16-28(17-19-29)22-8-3-4-10-26-22/h1-4,6-8,10H,5,9,11-19H2. The molecule has 0 radical (unpaired) electrons. The number of carbonyl (C=O) groups is 2. The number of hydrogen-bond donors (Lipinski definition) is 0. The van der Waals surface area contributed by atoms with Crippen LogP contribution in [0.25, 0.3) is 0 Å². The van der Waals surface area contributed by atoms with Crippen LogP contribution in [0, 0.1) is 0 Å². The molecule has 0 unspecified atom stereocenters. The second kappa shape index (κ2) is 10.8. The quantitative estimate of drug-likeness (QED) is 0.693. The second-order valence-electron chi connectivity index (χ2n) is 8.27. The number of hydrogen-bond acceptors (Lipinski definition) is 5. The summed E-state index contributed by atoms with van der Waals surface area (Å²) in [6, 6.07) is 13.1. The molecular weight excluding hydrogens is 426 g/mol. The summed E-state index contributed by atoms with van der Waals surface area (Å²) in [6.07, 6.45) is 3.21. The van der Waals surface area contributed by atoms with Gasteiger partial charge in [0.15, 0.2) is 0 Å². The minimum Gasteiger partial charge on any atom is -0.353 e. The van der Waals surface area contributed by atoms with E-state index in [9.17, 15) is 9.59 Å². The van der Waals surface area contributed by atoms with E-state index in [1.54, 1.807) is 18.3 Å². The Hall–Kier alpha value is -2.64. The fourth-order valence-corrected chi connectivity index (χ4v) is 4.56. The molecule has 8 heteroatoms. The van der Waals surface area contributed by atoms with Gasteiger partial charge < -0.3 is 19.6 Å². The summed E-state index contributed by atoms with van der Waals surface area (Å²) in [5.41, 5.74) is 0.558. The Labute approximate surface area is 194 Å². The Kier molecular flexibility index (Phi) is 7.60. The first-order valence-electron chi connectivity index (χ1n) is 11.3. The van der Waals surface area contributed by atoms with Crippen LogP contribution in [0.15, 0.2) is 48.7 Å². The molecule has 0 saturated carbocycles. The third-order valence-corrected chi connectivity index (χ3v) is 6.56. The van der Waals surface area contributed by atoms with Crippen LogP contribution in [0.1, 0.15) is 23.2 Å². The Morgan fingerprint density at radius 2 is 1.59 bits per heavy atom. The number of rotatable bonds is 5. The third kappa shape index (κ3) is 5.58. The van der Waals surface area contributed by atoms with Gasteiger partial charge in [0.05, 0.1) is 10.6 Å². The summed E-state index contributed by atoms with van der Waals surface area (Å²) < 4.78 is 0. The fraction of sp³-hybridized carbons (Fsp3) is 0.458. The van der Waals surface area contributed by atoms with Crippen molar-refractivity contribution >= 4 is 29.2 Å². The first kappa shape index (κ1) is 22.6. The van der Waals surface area contributed by atoms with Crippen molar-refractivity contribution in [3.8, 4) is 0 Å². The summed E-state index contributed by atoms with van der Waals surface area (Å²) >= 11 is 6.20. The molecule has 0 bridgehead atoms. The lowest BCUT2D eigenvalue weighted by Gasteiger charge is -2.35. The number of anilines is 1. The van der Waals surface area contributed by atoms with E-state index in [2.05, 4.69) is 14.8 Å². The Bertz CT molecular complexity index is 918. The average Bonchev–Trinajstić information content (AvgIpc) is 3.09. The van der Waals surface area contributed by atoms with Gasteiger partial charge in [-0.1, -0.05) is 29.8 Å². The Morgan fingerprint density at radius 1 is 0.844 bits per heavy atom. The molecule has 170 valence electrons. The van der Waals surface area contributed by atoms with E-state index in [0.29, 0.717) is 30.1 Å². The number of pyridine rings is 1. The lowest BCUT2D eigenvalue weighted by atomic mass is 10.2. The van der Waals surface area contributed by atoms with Gasteiger partial charge in [0.25, 0.3) is 5.91 Å². The summed E-state index contributed by atoms with van der Waals surface area (Å²) in [5, 5.41) is 0.493. The van der Waals surface area contributed by atoms with Crippen LogP contribution in [-0.2, 0) is 4.79 Å². The molecule has 0 aliphatic carbocycles. The molecule has 2 amide bonds. The molecule has 1 aromatic heterocycles. The fourth-order valence-electron chi connectivity index (χ4n) is 4.34. The molecule has 0 N–H and O–H groups in total. The van der Waals surface area contributed by atoms with Gasteiger partial charge >= 0.3 is 0 Å². The number of carbonyl (C=O) groups excluding carboxylic acids is 2. The average molecular weight is 456 g/mol. The topological polar surface area (TPSA) is 60.0 Å². The Morgan fingerprint density at radius 3 is 2.34 bits per heavy atom. The van der Waals surface area contributed by atoms with Gasteiger partial charge in [-0.05, 0) is 37.2 Å². The van der Waals surface area contributed by atoms with Crippen molar-refractivity contribution in [2.75, 3.05) is 63.8 Å². The zero-order chi connectivity index (χ0) is 22.3. The van der Waals surface area contributed by atoms with E-state index < -0.39 is 0 Å². The predicted octanol–water partition coefficient (Wildman–Crippen LogP) is 2.62. The van der Waals surface area contributed by atoms with Gasteiger partial charge in [-0.25, -0.2) is 4.98 Å². The summed E-state index contributed by atoms with van der Waals surface area (Å²) in [5.74, 6) is 1.17. The molecular formula is C24H30ClN5O2. The maximum Gasteiger partial charge on any atom is 0.255 e. The maximum absolute atomic E-state index is 12.8. The highest BCUT2D eigenvalue weighted by molar-refractivity contribution is 6.33. The van der Waals surface area contributed by atoms with E-state index >= 15 is 0 Å². The highest BCUT2D eigenvalue weighted by atomic mass is 35.5. The minimum absolute atomic E-state index is 0.0145. The SMILES string of the molecule is O=C(CCN1CCCN(C(=O)c2ccccc2Cl)CC1)N1CCN(c2ccccn2)CC1. The zero-order valence-electron chi connectivity index (χ0n) is 18.3. The van der Waals surface area contributed by atoms with E-state index in [-0.39, 0.29) is 11.8 Å². The number of piperazine rings is 1. The van der Waals surface area contributed by atoms with Gasteiger partial charge in [0.1, 0.15) is 5.82 Å². The van der Waals surface area contributed by atoms with Gasteiger partial charge in [-0.2, -0.15) is 0 Å². The third-order valence-electron chi connectivity index (χ3n) is 6.23. The molecule has 1 aromatic carbocycles. The maximum atomic E-state index is 12.8. The lowest BCUT2D eigenvalue weighted by molar-refractivity contribution is -0.131. The van der Waals surface area contributed by atoms with Crippen molar-refractivity contribution in [1.29, 1.82) is 0 Å². The zero-order valence-corrected chi connectivity index (χ0v) is 19.1. The van der Waals surface area contributed by atoms with Crippen molar-refractivity contribution in [2.45, 2.75) is 12.8 Å². The van der Waals surface area contributed by atoms with Gasteiger partial charge in [-0.15, -0.1) is 0 Å². The van der Waals surface area contributed by atoms with Crippen molar-refractivity contribution in [2.24, 2.45) is 0 Å². The highest BCUT2D eigenvalue weighted by Crippen LogP contribution is 2.18. The van der Waals surface area contributed by atoms with Crippen molar-refractivity contribution in [1.82, 2.24) is 19.7 Å². The molecule has 4 rings (SSSR count). The van der Waals surface area contributed by atoms with Crippen LogP contribution in [0.5, 0.6) is 0 Å². The van der Waals surface area contributed by atoms with Crippen LogP contribution in [0.4, 0.5) is 5.82 Å². The van der Waals surface area contributed by atoms with Crippen LogP contribution >= 0.6 is 11.6 Å². The van der Waals surface area contributed by atoms with E-state index in [0.717, 1.165) is 58.1 Å². The lowest BCUT2D eigenvalue weighted by Crippen LogP contribution is -2.49. The first-order valence-corrected chi connectivity index (χ1v) is 11.7. The molecule has 2 fully saturated rings. The number of benzene rings is 1. The smallest absolute Gasteiger partial charge is 0.255 e. The Balaban J connectivity index is 1.21. The number of aromatic nitrogens is 1. The monoisotopic (exact) mass is 455 g/mol. The molecule has 2 aliphatic rings. The van der Waals surface area contributed by atoms with Crippen LogP contribution < -0.4 is 4.90 Å². The molecule has 7 nitrogen and oxygen atoms in total. The van der Waals surface area contributed by atoms with E-state index in [4.69, 9.17) is 11.6 Å². The largest absolute Gasteiger partial charge is 0.353 e. The highest BCUT2D eigenvalue weighted by Gasteiger charge is 2.24. The predicted molar refractivity (Wildman–Crippen MR) is 126 cm³/mol. The van der Waals surface area contributed by atoms with Crippen molar-refractivity contribution < 1.29 is 9.59 Å². The first-order chi connectivity index (χ1) is 15.6. The molecule has 32 heavy (non-hydrogen) atoms. The van der Waals surface area contributed by atoms with E-state index in [1.165, 1.54) is 0 Å². The van der Waals surface area contributed by atoms with Crippen molar-refractivity contribution in [3.63, 3.8) is 0 Å². The molecule has 0 atom stereocenters. The summed E-state index contributed by atoms with van der Waals surface area (Å²) in [4.78, 5) is 38.3. The minimum atomic E-state index is -0.0145. The normalized spacial score (nSPS) is 17.8. The summed E-state index contributed by atoms with van der Waals surface area (Å²) in [6.45, 7) is 6.85. The van der Waals surface area contributed by atoms with Gasteiger partial charge in [0.2, 0.25) is 5.91 Å². The summed E-state index contributed by atoms with van der Waals surface area (Å²) in [7, 11) is 0. The van der Waals surface area contributed by atoms with Crippen molar-refractivity contribution in [3.05, 3.63) is 59.2 Å². The van der Waals surface area contributed by atoms with E-state index in [1.807, 2.05) is 40.1 Å². The molecule has 0 spiro atoms. The van der Waals surface area contributed by atoms with Crippen LogP contribution in [-0.4, -0.2) is 90.4 Å².